The number of carbonyl (C=O) groups excluding carboxylic acids is 1. The molecule has 86 valence electrons. The van der Waals surface area contributed by atoms with Gasteiger partial charge in [0, 0.05) is 24.2 Å². The highest BCUT2D eigenvalue weighted by atomic mass is 35.5. The number of ether oxygens (including phenoxy) is 1. The van der Waals surface area contributed by atoms with Crippen molar-refractivity contribution < 1.29 is 9.53 Å². The van der Waals surface area contributed by atoms with Gasteiger partial charge in [0.25, 0.3) is 0 Å². The summed E-state index contributed by atoms with van der Waals surface area (Å²) in [5.41, 5.74) is 1.90. The number of nitrogens with zero attached hydrogens (tertiary/aromatic N) is 2. The van der Waals surface area contributed by atoms with Gasteiger partial charge in [0.1, 0.15) is 5.15 Å². The van der Waals surface area contributed by atoms with Crippen molar-refractivity contribution in [3.8, 4) is 11.1 Å². The Morgan fingerprint density at radius 1 is 1.35 bits per heavy atom. The van der Waals surface area contributed by atoms with E-state index in [1.54, 1.807) is 30.7 Å². The zero-order chi connectivity index (χ0) is 12.3. The first-order valence-electron chi connectivity index (χ1n) is 4.86. The summed E-state index contributed by atoms with van der Waals surface area (Å²) >= 11 is 5.77. The first-order valence-corrected chi connectivity index (χ1v) is 5.24. The molecule has 2 aromatic rings. The van der Waals surface area contributed by atoms with E-state index in [1.165, 1.54) is 13.2 Å². The topological polar surface area (TPSA) is 52.1 Å². The van der Waals surface area contributed by atoms with Gasteiger partial charge in [-0.2, -0.15) is 0 Å². The molecule has 0 fully saturated rings. The molecule has 0 amide bonds. The van der Waals surface area contributed by atoms with E-state index in [-0.39, 0.29) is 5.15 Å². The van der Waals surface area contributed by atoms with Crippen molar-refractivity contribution >= 4 is 17.6 Å². The number of rotatable bonds is 2. The molecule has 0 aliphatic heterocycles. The highest BCUT2D eigenvalue weighted by Gasteiger charge is 2.14. The van der Waals surface area contributed by atoms with Gasteiger partial charge in [-0.3, -0.25) is 4.98 Å². The summed E-state index contributed by atoms with van der Waals surface area (Å²) in [5, 5.41) is 0.253. The summed E-state index contributed by atoms with van der Waals surface area (Å²) in [6, 6.07) is 5.07. The maximum Gasteiger partial charge on any atom is 0.338 e. The second-order valence-corrected chi connectivity index (χ2v) is 3.67. The zero-order valence-electron chi connectivity index (χ0n) is 9.05. The van der Waals surface area contributed by atoms with E-state index in [1.807, 2.05) is 0 Å². The van der Waals surface area contributed by atoms with Crippen LogP contribution in [0.15, 0.2) is 36.8 Å². The summed E-state index contributed by atoms with van der Waals surface area (Å²) in [6.45, 7) is 0. The van der Waals surface area contributed by atoms with E-state index in [0.29, 0.717) is 11.1 Å². The molecule has 0 aromatic carbocycles. The molecule has 0 radical (unpaired) electrons. The Bertz CT molecular complexity index is 543. The number of methoxy groups -OCH3 is 1. The fourth-order valence-corrected chi connectivity index (χ4v) is 1.63. The number of aromatic nitrogens is 2. The lowest BCUT2D eigenvalue weighted by atomic mass is 10.0. The maximum absolute atomic E-state index is 11.6. The molecule has 0 spiro atoms. The number of hydrogen-bond acceptors (Lipinski definition) is 4. The summed E-state index contributed by atoms with van der Waals surface area (Å²) in [7, 11) is 1.33. The predicted molar refractivity (Wildman–Crippen MR) is 63.8 cm³/mol. The van der Waals surface area contributed by atoms with Crippen LogP contribution in [0.1, 0.15) is 10.4 Å². The van der Waals surface area contributed by atoms with Gasteiger partial charge in [-0.1, -0.05) is 11.6 Å². The molecule has 0 bridgehead atoms. The van der Waals surface area contributed by atoms with E-state index < -0.39 is 5.97 Å². The van der Waals surface area contributed by atoms with E-state index in [4.69, 9.17) is 16.3 Å². The molecule has 0 saturated heterocycles. The average Bonchev–Trinajstić information content (AvgIpc) is 2.38. The normalized spacial score (nSPS) is 10.0. The smallest absolute Gasteiger partial charge is 0.338 e. The minimum atomic E-state index is -0.443. The van der Waals surface area contributed by atoms with Crippen LogP contribution in [-0.4, -0.2) is 23.0 Å². The average molecular weight is 249 g/mol. The Morgan fingerprint density at radius 2 is 2.06 bits per heavy atom. The van der Waals surface area contributed by atoms with Crippen molar-refractivity contribution in [1.82, 2.24) is 9.97 Å². The Morgan fingerprint density at radius 3 is 2.71 bits per heavy atom. The predicted octanol–water partition coefficient (Wildman–Crippen LogP) is 2.58. The maximum atomic E-state index is 11.6. The van der Waals surface area contributed by atoms with Crippen LogP contribution in [0, 0.1) is 0 Å². The van der Waals surface area contributed by atoms with Crippen molar-refractivity contribution in [2.45, 2.75) is 0 Å². The zero-order valence-corrected chi connectivity index (χ0v) is 9.81. The lowest BCUT2D eigenvalue weighted by Crippen LogP contribution is -2.04. The minimum Gasteiger partial charge on any atom is -0.465 e. The van der Waals surface area contributed by atoms with Crippen LogP contribution < -0.4 is 0 Å². The lowest BCUT2D eigenvalue weighted by Gasteiger charge is -2.07. The van der Waals surface area contributed by atoms with Gasteiger partial charge in [-0.15, -0.1) is 0 Å². The Hall–Kier alpha value is -1.94. The van der Waals surface area contributed by atoms with Crippen molar-refractivity contribution in [2.75, 3.05) is 7.11 Å². The minimum absolute atomic E-state index is 0.253. The number of halogens is 1. The van der Waals surface area contributed by atoms with Crippen LogP contribution in [0.25, 0.3) is 11.1 Å². The van der Waals surface area contributed by atoms with Crippen LogP contribution >= 0.6 is 11.6 Å². The number of hydrogen-bond donors (Lipinski definition) is 0. The van der Waals surface area contributed by atoms with Gasteiger partial charge < -0.3 is 4.74 Å². The van der Waals surface area contributed by atoms with Crippen LogP contribution in [0.2, 0.25) is 5.15 Å². The van der Waals surface area contributed by atoms with Crippen molar-refractivity contribution in [2.24, 2.45) is 0 Å². The molecular formula is C12H9ClN2O2. The summed E-state index contributed by atoms with van der Waals surface area (Å²) in [4.78, 5) is 19.5. The molecule has 5 heteroatoms. The second-order valence-electron chi connectivity index (χ2n) is 3.28. The van der Waals surface area contributed by atoms with Crippen LogP contribution in [0.4, 0.5) is 0 Å². The number of esters is 1. The molecular weight excluding hydrogens is 240 g/mol. The lowest BCUT2D eigenvalue weighted by molar-refractivity contribution is 0.0601. The third-order valence-corrected chi connectivity index (χ3v) is 2.47. The molecule has 0 atom stereocenters. The number of carbonyl (C=O) groups is 1. The molecule has 2 aromatic heterocycles. The standard InChI is InChI=1S/C12H9ClN2O2/c1-17-12(16)9-6-11(13)15-7-10(9)8-2-4-14-5-3-8/h2-7H,1H3. The molecule has 0 aliphatic carbocycles. The number of pyridine rings is 2. The molecule has 0 saturated carbocycles. The fraction of sp³-hybridized carbons (Fsp3) is 0.0833. The van der Waals surface area contributed by atoms with E-state index in [0.717, 1.165) is 5.56 Å². The highest BCUT2D eigenvalue weighted by Crippen LogP contribution is 2.24. The molecule has 2 heterocycles. The van der Waals surface area contributed by atoms with Crippen LogP contribution in [-0.2, 0) is 4.74 Å². The second kappa shape index (κ2) is 4.93. The largest absolute Gasteiger partial charge is 0.465 e. The Balaban J connectivity index is 2.58. The van der Waals surface area contributed by atoms with E-state index >= 15 is 0 Å². The molecule has 0 aliphatic rings. The summed E-state index contributed by atoms with van der Waals surface area (Å²) < 4.78 is 4.71. The fourth-order valence-electron chi connectivity index (χ4n) is 1.47. The summed E-state index contributed by atoms with van der Waals surface area (Å²) in [5.74, 6) is -0.443. The molecule has 4 nitrogen and oxygen atoms in total. The van der Waals surface area contributed by atoms with Gasteiger partial charge in [-0.05, 0) is 23.8 Å². The molecule has 2 rings (SSSR count). The summed E-state index contributed by atoms with van der Waals surface area (Å²) in [6.07, 6.45) is 4.83. The Kier molecular flexibility index (Phi) is 3.35. The van der Waals surface area contributed by atoms with E-state index in [9.17, 15) is 4.79 Å². The molecule has 0 unspecified atom stereocenters. The van der Waals surface area contributed by atoms with Crippen molar-refractivity contribution in [1.29, 1.82) is 0 Å². The van der Waals surface area contributed by atoms with Crippen molar-refractivity contribution in [3.05, 3.63) is 47.5 Å². The third-order valence-electron chi connectivity index (χ3n) is 2.27. The SMILES string of the molecule is COC(=O)c1cc(Cl)ncc1-c1ccncc1. The first-order chi connectivity index (χ1) is 8.22. The van der Waals surface area contributed by atoms with Gasteiger partial charge in [0.15, 0.2) is 0 Å². The molecule has 0 N–H and O–H groups in total. The highest BCUT2D eigenvalue weighted by molar-refractivity contribution is 6.29. The quantitative estimate of drug-likeness (QED) is 0.606. The van der Waals surface area contributed by atoms with Gasteiger partial charge >= 0.3 is 5.97 Å². The van der Waals surface area contributed by atoms with Gasteiger partial charge in [-0.25, -0.2) is 9.78 Å². The van der Waals surface area contributed by atoms with Crippen LogP contribution in [0.5, 0.6) is 0 Å². The van der Waals surface area contributed by atoms with Crippen molar-refractivity contribution in [3.63, 3.8) is 0 Å². The van der Waals surface area contributed by atoms with Crippen LogP contribution in [0.3, 0.4) is 0 Å². The Labute approximate surface area is 103 Å². The monoisotopic (exact) mass is 248 g/mol. The third kappa shape index (κ3) is 2.42. The first kappa shape index (κ1) is 11.5. The molecule has 17 heavy (non-hydrogen) atoms. The van der Waals surface area contributed by atoms with E-state index in [2.05, 4.69) is 9.97 Å². The van der Waals surface area contributed by atoms with Gasteiger partial charge in [0.2, 0.25) is 0 Å². The van der Waals surface area contributed by atoms with Gasteiger partial charge in [0.05, 0.1) is 12.7 Å².